The molecular weight excluding hydrogens is 318 g/mol. The molecule has 0 spiro atoms. The van der Waals surface area contributed by atoms with Gasteiger partial charge in [-0.15, -0.1) is 11.3 Å². The van der Waals surface area contributed by atoms with E-state index in [1.54, 1.807) is 47.3 Å². The molecule has 2 aromatic rings. The molecule has 0 aliphatic rings. The highest BCUT2D eigenvalue weighted by Gasteiger charge is 2.20. The van der Waals surface area contributed by atoms with Gasteiger partial charge in [0.2, 0.25) is 5.75 Å². The summed E-state index contributed by atoms with van der Waals surface area (Å²) < 4.78 is 21.0. The Bertz CT molecular complexity index is 685. The second-order valence-electron chi connectivity index (χ2n) is 4.57. The highest BCUT2D eigenvalue weighted by molar-refractivity contribution is 7.17. The topological polar surface area (TPSA) is 66.9 Å². The first-order valence-corrected chi connectivity index (χ1v) is 7.82. The lowest BCUT2D eigenvalue weighted by molar-refractivity contribution is 0.0531. The number of thiazole rings is 1. The van der Waals surface area contributed by atoms with Crippen LogP contribution in [0.3, 0.4) is 0 Å². The standard InChI is InChI=1S/C16H19NO5S/c1-6-22-16(18)14-9(2)17-15(23-14)10-7-11(19-3)13(21-5)12(8-10)20-4/h7-8H,6H2,1-5H3. The van der Waals surface area contributed by atoms with Crippen LogP contribution >= 0.6 is 11.3 Å². The lowest BCUT2D eigenvalue weighted by Crippen LogP contribution is -2.03. The van der Waals surface area contributed by atoms with Gasteiger partial charge >= 0.3 is 5.97 Å². The Morgan fingerprint density at radius 2 is 1.74 bits per heavy atom. The van der Waals surface area contributed by atoms with Gasteiger partial charge in [0.15, 0.2) is 11.5 Å². The van der Waals surface area contributed by atoms with Gasteiger partial charge < -0.3 is 18.9 Å². The molecule has 1 aromatic carbocycles. The minimum atomic E-state index is -0.360. The van der Waals surface area contributed by atoms with Gasteiger partial charge in [-0.25, -0.2) is 9.78 Å². The quantitative estimate of drug-likeness (QED) is 0.753. The van der Waals surface area contributed by atoms with Crippen LogP contribution in [0.5, 0.6) is 17.2 Å². The van der Waals surface area contributed by atoms with Gasteiger partial charge in [0.25, 0.3) is 0 Å². The third kappa shape index (κ3) is 3.39. The fourth-order valence-corrected chi connectivity index (χ4v) is 3.06. The molecular formula is C16H19NO5S. The van der Waals surface area contributed by atoms with Gasteiger partial charge in [-0.2, -0.15) is 0 Å². The molecule has 23 heavy (non-hydrogen) atoms. The van der Waals surface area contributed by atoms with Gasteiger partial charge in [0, 0.05) is 5.56 Å². The number of ether oxygens (including phenoxy) is 4. The summed E-state index contributed by atoms with van der Waals surface area (Å²) in [6.45, 7) is 3.88. The molecule has 0 radical (unpaired) electrons. The van der Waals surface area contributed by atoms with Crippen LogP contribution in [0.2, 0.25) is 0 Å². The van der Waals surface area contributed by atoms with Crippen molar-refractivity contribution in [1.29, 1.82) is 0 Å². The molecule has 0 aliphatic heterocycles. The highest BCUT2D eigenvalue weighted by Crippen LogP contribution is 2.42. The van der Waals surface area contributed by atoms with Crippen molar-refractivity contribution in [2.75, 3.05) is 27.9 Å². The first kappa shape index (κ1) is 17.1. The van der Waals surface area contributed by atoms with Crippen molar-refractivity contribution in [2.45, 2.75) is 13.8 Å². The van der Waals surface area contributed by atoms with Gasteiger partial charge in [0.1, 0.15) is 9.88 Å². The maximum Gasteiger partial charge on any atom is 0.350 e. The molecule has 0 saturated heterocycles. The number of hydrogen-bond donors (Lipinski definition) is 0. The number of aryl methyl sites for hydroxylation is 1. The van der Waals surface area contributed by atoms with E-state index in [-0.39, 0.29) is 5.97 Å². The van der Waals surface area contributed by atoms with E-state index in [9.17, 15) is 4.79 Å². The van der Waals surface area contributed by atoms with E-state index in [4.69, 9.17) is 18.9 Å². The Balaban J connectivity index is 2.50. The average molecular weight is 337 g/mol. The smallest absolute Gasteiger partial charge is 0.350 e. The van der Waals surface area contributed by atoms with Crippen LogP contribution in [-0.2, 0) is 4.74 Å². The highest BCUT2D eigenvalue weighted by atomic mass is 32.1. The van der Waals surface area contributed by atoms with E-state index in [1.807, 2.05) is 0 Å². The van der Waals surface area contributed by atoms with Crippen LogP contribution in [0.25, 0.3) is 10.6 Å². The number of hydrogen-bond acceptors (Lipinski definition) is 7. The van der Waals surface area contributed by atoms with Crippen LogP contribution in [0.4, 0.5) is 0 Å². The summed E-state index contributed by atoms with van der Waals surface area (Å²) in [7, 11) is 4.66. The number of aromatic nitrogens is 1. The van der Waals surface area contributed by atoms with E-state index in [1.165, 1.54) is 11.3 Å². The van der Waals surface area contributed by atoms with Crippen LogP contribution in [0.15, 0.2) is 12.1 Å². The molecule has 0 unspecified atom stereocenters. The Morgan fingerprint density at radius 3 is 2.22 bits per heavy atom. The van der Waals surface area contributed by atoms with Crippen LogP contribution in [0.1, 0.15) is 22.3 Å². The largest absolute Gasteiger partial charge is 0.493 e. The molecule has 0 atom stereocenters. The molecule has 0 amide bonds. The predicted molar refractivity (Wildman–Crippen MR) is 87.9 cm³/mol. The second-order valence-corrected chi connectivity index (χ2v) is 5.57. The fraction of sp³-hybridized carbons (Fsp3) is 0.375. The van der Waals surface area contributed by atoms with Crippen LogP contribution in [-0.4, -0.2) is 38.9 Å². The van der Waals surface area contributed by atoms with Crippen molar-refractivity contribution in [3.63, 3.8) is 0 Å². The Kier molecular flexibility index (Phi) is 5.44. The summed E-state index contributed by atoms with van der Waals surface area (Å²) >= 11 is 1.27. The molecule has 0 N–H and O–H groups in total. The third-order valence-electron chi connectivity index (χ3n) is 3.17. The minimum Gasteiger partial charge on any atom is -0.493 e. The van der Waals surface area contributed by atoms with E-state index in [0.29, 0.717) is 39.4 Å². The number of nitrogens with zero attached hydrogens (tertiary/aromatic N) is 1. The van der Waals surface area contributed by atoms with Crippen molar-refractivity contribution in [1.82, 2.24) is 4.98 Å². The van der Waals surface area contributed by atoms with Crippen molar-refractivity contribution in [3.8, 4) is 27.8 Å². The van der Waals surface area contributed by atoms with Crippen molar-refractivity contribution in [2.24, 2.45) is 0 Å². The van der Waals surface area contributed by atoms with Crippen LogP contribution in [0, 0.1) is 6.92 Å². The molecule has 2 rings (SSSR count). The van der Waals surface area contributed by atoms with E-state index in [0.717, 1.165) is 5.56 Å². The van der Waals surface area contributed by atoms with E-state index in [2.05, 4.69) is 4.98 Å². The summed E-state index contributed by atoms with van der Waals surface area (Å²) in [5.41, 5.74) is 1.42. The van der Waals surface area contributed by atoms with E-state index >= 15 is 0 Å². The Hall–Kier alpha value is -2.28. The summed E-state index contributed by atoms with van der Waals surface area (Å²) in [6.07, 6.45) is 0. The van der Waals surface area contributed by atoms with Crippen molar-refractivity contribution >= 4 is 17.3 Å². The zero-order chi connectivity index (χ0) is 17.0. The second kappa shape index (κ2) is 7.32. The molecule has 7 heteroatoms. The fourth-order valence-electron chi connectivity index (χ4n) is 2.11. The maximum atomic E-state index is 11.9. The lowest BCUT2D eigenvalue weighted by atomic mass is 10.2. The monoisotopic (exact) mass is 337 g/mol. The van der Waals surface area contributed by atoms with Gasteiger partial charge in [0.05, 0.1) is 33.6 Å². The summed E-state index contributed by atoms with van der Waals surface area (Å²) in [5, 5.41) is 0.685. The first-order valence-electron chi connectivity index (χ1n) is 7.00. The number of carbonyl (C=O) groups excluding carboxylic acids is 1. The molecule has 0 fully saturated rings. The SMILES string of the molecule is CCOC(=O)c1sc(-c2cc(OC)c(OC)c(OC)c2)nc1C. The average Bonchev–Trinajstić information content (AvgIpc) is 2.95. The molecule has 0 saturated carbocycles. The normalized spacial score (nSPS) is 10.3. The Labute approximate surface area is 139 Å². The zero-order valence-corrected chi connectivity index (χ0v) is 14.6. The molecule has 124 valence electrons. The molecule has 0 aliphatic carbocycles. The summed E-state index contributed by atoms with van der Waals surface area (Å²) in [5.74, 6) is 1.22. The number of methoxy groups -OCH3 is 3. The van der Waals surface area contributed by atoms with Gasteiger partial charge in [-0.1, -0.05) is 0 Å². The predicted octanol–water partition coefficient (Wildman–Crippen LogP) is 3.32. The number of esters is 1. The zero-order valence-electron chi connectivity index (χ0n) is 13.8. The van der Waals surface area contributed by atoms with E-state index < -0.39 is 0 Å². The van der Waals surface area contributed by atoms with Gasteiger partial charge in [-0.3, -0.25) is 0 Å². The molecule has 0 bridgehead atoms. The van der Waals surface area contributed by atoms with Crippen LogP contribution < -0.4 is 14.2 Å². The summed E-state index contributed by atoms with van der Waals surface area (Å²) in [4.78, 5) is 16.9. The lowest BCUT2D eigenvalue weighted by Gasteiger charge is -2.13. The van der Waals surface area contributed by atoms with Gasteiger partial charge in [-0.05, 0) is 26.0 Å². The molecule has 1 heterocycles. The molecule has 1 aromatic heterocycles. The molecule has 6 nitrogen and oxygen atoms in total. The minimum absolute atomic E-state index is 0.329. The number of carbonyl (C=O) groups is 1. The van der Waals surface area contributed by atoms with Crippen molar-refractivity contribution < 1.29 is 23.7 Å². The third-order valence-corrected chi connectivity index (χ3v) is 4.36. The number of benzene rings is 1. The maximum absolute atomic E-state index is 11.9. The Morgan fingerprint density at radius 1 is 1.13 bits per heavy atom. The number of rotatable bonds is 6. The van der Waals surface area contributed by atoms with Crippen molar-refractivity contribution in [3.05, 3.63) is 22.7 Å². The first-order chi connectivity index (χ1) is 11.0. The summed E-state index contributed by atoms with van der Waals surface area (Å²) in [6, 6.07) is 3.60.